The lowest BCUT2D eigenvalue weighted by atomic mass is 9.95. The van der Waals surface area contributed by atoms with Crippen LogP contribution in [0.2, 0.25) is 0 Å². The standard InChI is InChI=1S/C21H33NO5/c1-7-14(2)17(22-20(25)27-21(4,5)6)13-26-18(19(23)24)15(3)16-11-9-8-10-12-16/h8-12,14-15,17-18H,7,13H2,1-6H3,(H,22,25)(H,23,24)/t14?,15-,17?,18+/m1/s1. The van der Waals surface area contributed by atoms with Gasteiger partial charge in [0.15, 0.2) is 6.10 Å². The number of carbonyl (C=O) groups is 2. The van der Waals surface area contributed by atoms with Crippen molar-refractivity contribution in [2.24, 2.45) is 5.92 Å². The van der Waals surface area contributed by atoms with Crippen molar-refractivity contribution in [3.8, 4) is 0 Å². The highest BCUT2D eigenvalue weighted by Crippen LogP contribution is 2.22. The number of aliphatic carboxylic acids is 1. The molecule has 6 nitrogen and oxygen atoms in total. The van der Waals surface area contributed by atoms with Gasteiger partial charge in [-0.15, -0.1) is 0 Å². The molecule has 0 aliphatic heterocycles. The van der Waals surface area contributed by atoms with Crippen molar-refractivity contribution in [2.45, 2.75) is 71.6 Å². The van der Waals surface area contributed by atoms with Gasteiger partial charge in [-0.25, -0.2) is 9.59 Å². The molecule has 1 aromatic rings. The predicted octanol–water partition coefficient (Wildman–Crippen LogP) is 4.20. The topological polar surface area (TPSA) is 84.9 Å². The molecule has 152 valence electrons. The average Bonchev–Trinajstić information content (AvgIpc) is 2.58. The van der Waals surface area contributed by atoms with Gasteiger partial charge in [0.25, 0.3) is 0 Å². The summed E-state index contributed by atoms with van der Waals surface area (Å²) < 4.78 is 11.1. The van der Waals surface area contributed by atoms with Crippen LogP contribution in [0.15, 0.2) is 30.3 Å². The molecule has 0 saturated carbocycles. The Morgan fingerprint density at radius 1 is 1.15 bits per heavy atom. The van der Waals surface area contributed by atoms with Crippen molar-refractivity contribution >= 4 is 12.1 Å². The first-order valence-corrected chi connectivity index (χ1v) is 9.44. The van der Waals surface area contributed by atoms with Crippen molar-refractivity contribution in [1.29, 1.82) is 0 Å². The third-order valence-electron chi connectivity index (χ3n) is 4.51. The van der Waals surface area contributed by atoms with Gasteiger partial charge >= 0.3 is 12.1 Å². The number of amides is 1. The first-order valence-electron chi connectivity index (χ1n) is 9.44. The highest BCUT2D eigenvalue weighted by molar-refractivity contribution is 5.73. The molecule has 4 atom stereocenters. The van der Waals surface area contributed by atoms with Gasteiger partial charge in [-0.05, 0) is 32.3 Å². The molecule has 6 heteroatoms. The number of nitrogens with one attached hydrogen (secondary N) is 1. The van der Waals surface area contributed by atoms with E-state index in [0.717, 1.165) is 12.0 Å². The maximum Gasteiger partial charge on any atom is 0.407 e. The highest BCUT2D eigenvalue weighted by atomic mass is 16.6. The SMILES string of the molecule is CCC(C)C(CO[C@H](C(=O)O)[C@H](C)c1ccccc1)NC(=O)OC(C)(C)C. The van der Waals surface area contributed by atoms with E-state index in [2.05, 4.69) is 5.32 Å². The molecule has 0 radical (unpaired) electrons. The average molecular weight is 379 g/mol. The Hall–Kier alpha value is -2.08. The van der Waals surface area contributed by atoms with E-state index in [0.29, 0.717) is 0 Å². The van der Waals surface area contributed by atoms with E-state index in [9.17, 15) is 14.7 Å². The summed E-state index contributed by atoms with van der Waals surface area (Å²) >= 11 is 0. The minimum Gasteiger partial charge on any atom is -0.479 e. The molecule has 0 aromatic heterocycles. The quantitative estimate of drug-likeness (QED) is 0.672. The minimum atomic E-state index is -1.02. The van der Waals surface area contributed by atoms with Gasteiger partial charge in [0, 0.05) is 5.92 Å². The number of rotatable bonds is 9. The summed E-state index contributed by atoms with van der Waals surface area (Å²) in [6, 6.07) is 9.06. The van der Waals surface area contributed by atoms with Crippen LogP contribution in [0.3, 0.4) is 0 Å². The minimum absolute atomic E-state index is 0.0996. The van der Waals surface area contributed by atoms with E-state index >= 15 is 0 Å². The van der Waals surface area contributed by atoms with E-state index in [1.807, 2.05) is 51.1 Å². The Balaban J connectivity index is 2.81. The van der Waals surface area contributed by atoms with Crippen LogP contribution in [-0.4, -0.2) is 41.5 Å². The molecule has 0 aliphatic carbocycles. The van der Waals surface area contributed by atoms with Crippen LogP contribution in [-0.2, 0) is 14.3 Å². The highest BCUT2D eigenvalue weighted by Gasteiger charge is 2.30. The monoisotopic (exact) mass is 379 g/mol. The Morgan fingerprint density at radius 3 is 2.22 bits per heavy atom. The van der Waals surface area contributed by atoms with Crippen molar-refractivity contribution in [3.63, 3.8) is 0 Å². The van der Waals surface area contributed by atoms with Crippen molar-refractivity contribution < 1.29 is 24.2 Å². The summed E-state index contributed by atoms with van der Waals surface area (Å²) in [5.41, 5.74) is 0.293. The van der Waals surface area contributed by atoms with Crippen LogP contribution >= 0.6 is 0 Å². The molecule has 1 rings (SSSR count). The number of alkyl carbamates (subject to hydrolysis) is 1. The molecule has 2 N–H and O–H groups in total. The van der Waals surface area contributed by atoms with Gasteiger partial charge in [-0.3, -0.25) is 0 Å². The van der Waals surface area contributed by atoms with Crippen molar-refractivity contribution in [2.75, 3.05) is 6.61 Å². The van der Waals surface area contributed by atoms with Gasteiger partial charge < -0.3 is 19.9 Å². The van der Waals surface area contributed by atoms with Gasteiger partial charge in [0.2, 0.25) is 0 Å². The molecular formula is C21H33NO5. The van der Waals surface area contributed by atoms with Gasteiger partial charge in [0.05, 0.1) is 12.6 Å². The molecule has 2 unspecified atom stereocenters. The van der Waals surface area contributed by atoms with E-state index in [4.69, 9.17) is 9.47 Å². The van der Waals surface area contributed by atoms with Crippen LogP contribution in [0.5, 0.6) is 0 Å². The Kier molecular flexibility index (Phi) is 8.76. The number of ether oxygens (including phenoxy) is 2. The normalized spacial score (nSPS) is 16.1. The molecule has 27 heavy (non-hydrogen) atoms. The van der Waals surface area contributed by atoms with Crippen LogP contribution in [0.4, 0.5) is 4.79 Å². The number of carboxylic acid groups (broad SMARTS) is 1. The molecule has 0 spiro atoms. The largest absolute Gasteiger partial charge is 0.479 e. The van der Waals surface area contributed by atoms with Gasteiger partial charge in [0.1, 0.15) is 5.60 Å². The molecule has 1 aromatic carbocycles. The maximum atomic E-state index is 12.1. The number of hydrogen-bond donors (Lipinski definition) is 2. The Bertz CT molecular complexity index is 596. The molecule has 0 fully saturated rings. The summed E-state index contributed by atoms with van der Waals surface area (Å²) in [5, 5.41) is 12.4. The molecule has 1 amide bonds. The van der Waals surface area contributed by atoms with Gasteiger partial charge in [-0.1, -0.05) is 57.5 Å². The van der Waals surface area contributed by atoms with Crippen LogP contribution in [0, 0.1) is 5.92 Å². The second-order valence-corrected chi connectivity index (χ2v) is 7.93. The zero-order chi connectivity index (χ0) is 20.6. The zero-order valence-electron chi connectivity index (χ0n) is 17.2. The summed E-state index contributed by atoms with van der Waals surface area (Å²) in [5.74, 6) is -1.23. The lowest BCUT2D eigenvalue weighted by Crippen LogP contribution is -2.46. The first-order chi connectivity index (χ1) is 12.5. The predicted molar refractivity (Wildman–Crippen MR) is 105 cm³/mol. The smallest absolute Gasteiger partial charge is 0.407 e. The maximum absolute atomic E-state index is 12.1. The number of carbonyl (C=O) groups excluding carboxylic acids is 1. The Morgan fingerprint density at radius 2 is 1.74 bits per heavy atom. The molecule has 0 heterocycles. The van der Waals surface area contributed by atoms with Gasteiger partial charge in [-0.2, -0.15) is 0 Å². The van der Waals surface area contributed by atoms with E-state index in [1.165, 1.54) is 0 Å². The summed E-state index contributed by atoms with van der Waals surface area (Å²) in [7, 11) is 0. The van der Waals surface area contributed by atoms with Crippen LogP contribution in [0.25, 0.3) is 0 Å². The zero-order valence-corrected chi connectivity index (χ0v) is 17.2. The fraction of sp³-hybridized carbons (Fsp3) is 0.619. The lowest BCUT2D eigenvalue weighted by molar-refractivity contribution is -0.152. The summed E-state index contributed by atoms with van der Waals surface area (Å²) in [4.78, 5) is 23.9. The third kappa shape index (κ3) is 7.99. The number of carboxylic acids is 1. The Labute approximate surface area is 162 Å². The fourth-order valence-electron chi connectivity index (χ4n) is 2.66. The number of benzene rings is 1. The third-order valence-corrected chi connectivity index (χ3v) is 4.51. The summed E-state index contributed by atoms with van der Waals surface area (Å²) in [6.07, 6.45) is -0.714. The molecule has 0 aliphatic rings. The van der Waals surface area contributed by atoms with Crippen molar-refractivity contribution in [1.82, 2.24) is 5.32 Å². The van der Waals surface area contributed by atoms with E-state index in [1.54, 1.807) is 20.8 Å². The number of hydrogen-bond acceptors (Lipinski definition) is 4. The first kappa shape index (κ1) is 23.0. The van der Waals surface area contributed by atoms with Crippen LogP contribution in [0.1, 0.15) is 59.4 Å². The second kappa shape index (κ2) is 10.3. The molecule has 0 saturated heterocycles. The summed E-state index contributed by atoms with van der Waals surface area (Å²) in [6.45, 7) is 11.3. The van der Waals surface area contributed by atoms with Crippen LogP contribution < -0.4 is 5.32 Å². The fourth-order valence-corrected chi connectivity index (χ4v) is 2.66. The van der Waals surface area contributed by atoms with Crippen molar-refractivity contribution in [3.05, 3.63) is 35.9 Å². The lowest BCUT2D eigenvalue weighted by Gasteiger charge is -2.29. The molecular weight excluding hydrogens is 346 g/mol. The molecule has 0 bridgehead atoms. The van der Waals surface area contributed by atoms with E-state index < -0.39 is 23.8 Å². The van der Waals surface area contributed by atoms with E-state index in [-0.39, 0.29) is 24.5 Å². The second-order valence-electron chi connectivity index (χ2n) is 7.93.